The molecule has 2 aliphatic rings. The number of halogens is 1. The molecule has 118 valence electrons. The molecule has 0 bridgehead atoms. The average Bonchev–Trinajstić information content (AvgIpc) is 2.79. The predicted octanol–water partition coefficient (Wildman–Crippen LogP) is 0.964. The van der Waals surface area contributed by atoms with Gasteiger partial charge >= 0.3 is 11.9 Å². The van der Waals surface area contributed by atoms with Gasteiger partial charge in [0.1, 0.15) is 0 Å². The fourth-order valence-electron chi connectivity index (χ4n) is 2.52. The van der Waals surface area contributed by atoms with Crippen molar-refractivity contribution in [2.24, 2.45) is 5.92 Å². The van der Waals surface area contributed by atoms with Crippen molar-refractivity contribution in [2.75, 3.05) is 24.5 Å². The van der Waals surface area contributed by atoms with E-state index < -0.39 is 11.9 Å². The Morgan fingerprint density at radius 1 is 1.27 bits per heavy atom. The lowest BCUT2D eigenvalue weighted by Crippen LogP contribution is -2.55. The van der Waals surface area contributed by atoms with Crippen LogP contribution in [-0.4, -0.2) is 52.8 Å². The molecule has 0 aromatic carbocycles. The van der Waals surface area contributed by atoms with E-state index in [2.05, 4.69) is 37.2 Å². The van der Waals surface area contributed by atoms with E-state index in [0.717, 1.165) is 16.9 Å². The first-order valence-electron chi connectivity index (χ1n) is 6.69. The number of fused-ring (bicyclic) bond motifs is 1. The van der Waals surface area contributed by atoms with Gasteiger partial charge in [-0.05, 0) is 22.0 Å². The summed E-state index contributed by atoms with van der Waals surface area (Å²) in [4.78, 5) is 25.7. The maximum atomic E-state index is 9.55. The Morgan fingerprint density at radius 2 is 1.95 bits per heavy atom. The van der Waals surface area contributed by atoms with Crippen molar-refractivity contribution in [1.29, 1.82) is 0 Å². The van der Waals surface area contributed by atoms with E-state index >= 15 is 0 Å². The number of nitrogens with zero attached hydrogens (tertiary/aromatic N) is 2. The van der Waals surface area contributed by atoms with E-state index in [-0.39, 0.29) is 0 Å². The highest BCUT2D eigenvalue weighted by molar-refractivity contribution is 9.10. The molecule has 0 amide bonds. The van der Waals surface area contributed by atoms with Crippen molar-refractivity contribution >= 4 is 33.6 Å². The molecule has 1 aromatic heterocycles. The predicted molar refractivity (Wildman–Crippen MR) is 83.8 cm³/mol. The van der Waals surface area contributed by atoms with Crippen LogP contribution in [0.25, 0.3) is 0 Å². The first-order chi connectivity index (χ1) is 10.5. The van der Waals surface area contributed by atoms with Crippen molar-refractivity contribution in [2.45, 2.75) is 6.04 Å². The Hall–Kier alpha value is -1.93. The number of carbonyl (C=O) groups is 2. The quantitative estimate of drug-likeness (QED) is 0.681. The van der Waals surface area contributed by atoms with Gasteiger partial charge in [0.25, 0.3) is 0 Å². The molecule has 2 atom stereocenters. The fraction of sp³-hybridized carbons (Fsp3) is 0.357. The maximum absolute atomic E-state index is 9.55. The van der Waals surface area contributed by atoms with Gasteiger partial charge in [0.2, 0.25) is 0 Å². The van der Waals surface area contributed by atoms with Crippen molar-refractivity contribution in [3.05, 3.63) is 35.1 Å². The summed E-state index contributed by atoms with van der Waals surface area (Å²) in [5.41, 5.74) is 1.24. The molecule has 0 saturated carbocycles. The number of hydrogen-bond acceptors (Lipinski definition) is 5. The summed E-state index contributed by atoms with van der Waals surface area (Å²) in [5.74, 6) is -1.66. The first kappa shape index (κ1) is 16.4. The van der Waals surface area contributed by atoms with Crippen LogP contribution in [0.15, 0.2) is 35.1 Å². The molecule has 3 heterocycles. The lowest BCUT2D eigenvalue weighted by Gasteiger charge is -2.45. The molecule has 8 heteroatoms. The highest BCUT2D eigenvalue weighted by Crippen LogP contribution is 2.33. The van der Waals surface area contributed by atoms with E-state index in [1.807, 2.05) is 12.4 Å². The third kappa shape index (κ3) is 4.28. The van der Waals surface area contributed by atoms with Crippen LogP contribution >= 0.6 is 15.9 Å². The number of carboxylic acids is 2. The molecule has 3 rings (SSSR count). The molecule has 0 spiro atoms. The zero-order valence-electron chi connectivity index (χ0n) is 11.6. The van der Waals surface area contributed by atoms with Gasteiger partial charge in [0.15, 0.2) is 0 Å². The normalized spacial score (nSPS) is 22.5. The van der Waals surface area contributed by atoms with E-state index in [9.17, 15) is 9.59 Å². The minimum atomic E-state index is -1.26. The summed E-state index contributed by atoms with van der Waals surface area (Å²) in [6.45, 7) is 3.48. The standard InChI is InChI=1S/C10H12BrN3.C4H4O4/c11-8-1-9(4-13-3-8)14-6-7-2-12-5-10(7)14;5-3(6)1-2-4(7)8/h1,3-4,7,10,12H,2,5-6H2;1-2H,(H,5,6)(H,7,8)/b;2-1+/t7-,10-;/m0./s1. The zero-order valence-corrected chi connectivity index (χ0v) is 13.2. The van der Waals surface area contributed by atoms with Gasteiger partial charge in [-0.15, -0.1) is 0 Å². The highest BCUT2D eigenvalue weighted by Gasteiger charge is 2.42. The lowest BCUT2D eigenvalue weighted by atomic mass is 9.91. The number of rotatable bonds is 3. The third-order valence-corrected chi connectivity index (χ3v) is 3.96. The minimum absolute atomic E-state index is 0.558. The van der Waals surface area contributed by atoms with Gasteiger partial charge in [0.05, 0.1) is 11.9 Å². The number of nitrogens with one attached hydrogen (secondary N) is 1. The first-order valence-corrected chi connectivity index (χ1v) is 7.48. The molecular formula is C14H16BrN3O4. The van der Waals surface area contributed by atoms with Crippen molar-refractivity contribution in [1.82, 2.24) is 10.3 Å². The third-order valence-electron chi connectivity index (χ3n) is 3.53. The number of anilines is 1. The van der Waals surface area contributed by atoms with Gasteiger partial charge in [-0.3, -0.25) is 4.98 Å². The van der Waals surface area contributed by atoms with E-state index in [1.54, 1.807) is 0 Å². The Bertz CT molecular complexity index is 577. The Labute approximate surface area is 135 Å². The summed E-state index contributed by atoms with van der Waals surface area (Å²) < 4.78 is 1.06. The molecule has 1 aromatic rings. The Morgan fingerprint density at radius 3 is 2.50 bits per heavy atom. The smallest absolute Gasteiger partial charge is 0.328 e. The number of hydrogen-bond donors (Lipinski definition) is 3. The summed E-state index contributed by atoms with van der Waals surface area (Å²) in [5, 5.41) is 19.0. The van der Waals surface area contributed by atoms with Crippen LogP contribution in [0, 0.1) is 5.92 Å². The monoisotopic (exact) mass is 369 g/mol. The van der Waals surface area contributed by atoms with Gasteiger partial charge in [-0.25, -0.2) is 9.59 Å². The second kappa shape index (κ2) is 7.37. The van der Waals surface area contributed by atoms with Crippen LogP contribution in [0.2, 0.25) is 0 Å². The fourth-order valence-corrected chi connectivity index (χ4v) is 2.87. The van der Waals surface area contributed by atoms with Crippen LogP contribution < -0.4 is 10.2 Å². The highest BCUT2D eigenvalue weighted by atomic mass is 79.9. The number of aromatic nitrogens is 1. The lowest BCUT2D eigenvalue weighted by molar-refractivity contribution is -0.134. The molecular weight excluding hydrogens is 354 g/mol. The van der Waals surface area contributed by atoms with Gasteiger partial charge in [0, 0.05) is 54.4 Å². The second-order valence-corrected chi connectivity index (χ2v) is 5.92. The van der Waals surface area contributed by atoms with Gasteiger partial charge < -0.3 is 20.4 Å². The van der Waals surface area contributed by atoms with Gasteiger partial charge in [-0.2, -0.15) is 0 Å². The Kier molecular flexibility index (Phi) is 5.51. The number of carboxylic acid groups (broad SMARTS) is 2. The van der Waals surface area contributed by atoms with Crippen LogP contribution in [0.3, 0.4) is 0 Å². The average molecular weight is 370 g/mol. The largest absolute Gasteiger partial charge is 0.478 e. The number of pyridine rings is 1. The Balaban J connectivity index is 0.000000192. The zero-order chi connectivity index (χ0) is 16.1. The molecule has 2 aliphatic heterocycles. The summed E-state index contributed by atoms with van der Waals surface area (Å²) in [7, 11) is 0. The van der Waals surface area contributed by atoms with Crippen molar-refractivity contribution in [3.63, 3.8) is 0 Å². The van der Waals surface area contributed by atoms with Crippen LogP contribution in [0.5, 0.6) is 0 Å². The minimum Gasteiger partial charge on any atom is -0.478 e. The van der Waals surface area contributed by atoms with Crippen LogP contribution in [0.4, 0.5) is 5.69 Å². The van der Waals surface area contributed by atoms with E-state index in [4.69, 9.17) is 10.2 Å². The summed E-state index contributed by atoms with van der Waals surface area (Å²) in [6, 6.07) is 2.84. The molecule has 2 saturated heterocycles. The topological polar surface area (TPSA) is 103 Å². The van der Waals surface area contributed by atoms with Gasteiger partial charge in [-0.1, -0.05) is 0 Å². The van der Waals surface area contributed by atoms with Crippen molar-refractivity contribution < 1.29 is 19.8 Å². The molecule has 22 heavy (non-hydrogen) atoms. The molecule has 3 N–H and O–H groups in total. The molecule has 2 fully saturated rings. The molecule has 7 nitrogen and oxygen atoms in total. The SMILES string of the molecule is Brc1cncc(N2C[C@@H]3CNC[C@@H]32)c1.O=C(O)/C=C/C(=O)O. The van der Waals surface area contributed by atoms with Crippen LogP contribution in [-0.2, 0) is 9.59 Å². The maximum Gasteiger partial charge on any atom is 0.328 e. The van der Waals surface area contributed by atoms with E-state index in [0.29, 0.717) is 18.2 Å². The number of aliphatic carboxylic acids is 2. The van der Waals surface area contributed by atoms with E-state index in [1.165, 1.54) is 18.8 Å². The summed E-state index contributed by atoms with van der Waals surface area (Å²) >= 11 is 3.45. The molecule has 0 aliphatic carbocycles. The second-order valence-electron chi connectivity index (χ2n) is 5.01. The molecule has 0 unspecified atom stereocenters. The summed E-state index contributed by atoms with van der Waals surface area (Å²) in [6.07, 6.45) is 4.89. The van der Waals surface area contributed by atoms with Crippen molar-refractivity contribution in [3.8, 4) is 0 Å². The van der Waals surface area contributed by atoms with Crippen LogP contribution in [0.1, 0.15) is 0 Å². The molecule has 0 radical (unpaired) electrons.